The van der Waals surface area contributed by atoms with E-state index in [1.807, 2.05) is 0 Å². The fourth-order valence-electron chi connectivity index (χ4n) is 1.21. The molecule has 0 heterocycles. The smallest absolute Gasteiger partial charge is 0.242 e. The van der Waals surface area contributed by atoms with Gasteiger partial charge in [0.1, 0.15) is 0 Å². The van der Waals surface area contributed by atoms with E-state index in [0.29, 0.717) is 12.1 Å². The lowest BCUT2D eigenvalue weighted by Gasteiger charge is -2.14. The maximum absolute atomic E-state index is 11.9. The van der Waals surface area contributed by atoms with Gasteiger partial charge in [0.05, 0.1) is 4.90 Å². The number of amidine groups is 1. The van der Waals surface area contributed by atoms with E-state index in [9.17, 15) is 8.42 Å². The molecule has 0 aliphatic rings. The van der Waals surface area contributed by atoms with Gasteiger partial charge in [-0.3, -0.25) is 0 Å². The van der Waals surface area contributed by atoms with Crippen LogP contribution in [0.2, 0.25) is 0 Å². The van der Waals surface area contributed by atoms with Crippen molar-refractivity contribution in [3.05, 3.63) is 29.8 Å². The molecule has 6 nitrogen and oxygen atoms in total. The van der Waals surface area contributed by atoms with Crippen LogP contribution in [0.4, 0.5) is 0 Å². The lowest BCUT2D eigenvalue weighted by molar-refractivity contribution is 0.318. The minimum atomic E-state index is -3.45. The zero-order valence-electron chi connectivity index (χ0n) is 9.66. The highest BCUT2D eigenvalue weighted by molar-refractivity contribution is 7.89. The first-order valence-electron chi connectivity index (χ1n) is 4.97. The minimum Gasteiger partial charge on any atom is -0.409 e. The Bertz CT molecular complexity index is 508. The molecule has 0 radical (unpaired) electrons. The van der Waals surface area contributed by atoms with Crippen molar-refractivity contribution >= 4 is 15.9 Å². The molecule has 3 N–H and O–H groups in total. The average Bonchev–Trinajstić information content (AvgIpc) is 2.36. The summed E-state index contributed by atoms with van der Waals surface area (Å²) < 4.78 is 25.1. The van der Waals surface area contributed by atoms with Crippen molar-refractivity contribution in [2.45, 2.75) is 11.8 Å². The molecule has 0 unspecified atom stereocenters. The van der Waals surface area contributed by atoms with E-state index in [4.69, 9.17) is 10.9 Å². The van der Waals surface area contributed by atoms with E-state index in [1.54, 1.807) is 6.92 Å². The second-order valence-electron chi connectivity index (χ2n) is 3.43. The lowest BCUT2D eigenvalue weighted by Crippen LogP contribution is -2.26. The molecule has 1 aromatic rings. The van der Waals surface area contributed by atoms with Gasteiger partial charge in [0.15, 0.2) is 5.84 Å². The largest absolute Gasteiger partial charge is 0.409 e. The summed E-state index contributed by atoms with van der Waals surface area (Å²) in [5, 5.41) is 11.3. The fraction of sp³-hybridized carbons (Fsp3) is 0.300. The van der Waals surface area contributed by atoms with E-state index >= 15 is 0 Å². The van der Waals surface area contributed by atoms with Gasteiger partial charge in [-0.05, 0) is 24.3 Å². The van der Waals surface area contributed by atoms with Crippen molar-refractivity contribution < 1.29 is 13.6 Å². The van der Waals surface area contributed by atoms with Crippen molar-refractivity contribution in [3.63, 3.8) is 0 Å². The first kappa shape index (κ1) is 13.5. The van der Waals surface area contributed by atoms with Crippen molar-refractivity contribution in [2.75, 3.05) is 13.6 Å². The Morgan fingerprint density at radius 2 is 1.94 bits per heavy atom. The van der Waals surface area contributed by atoms with Crippen LogP contribution in [0.5, 0.6) is 0 Å². The fourth-order valence-corrected chi connectivity index (χ4v) is 2.39. The topological polar surface area (TPSA) is 96.0 Å². The Morgan fingerprint density at radius 1 is 1.41 bits per heavy atom. The van der Waals surface area contributed by atoms with E-state index in [0.717, 1.165) is 0 Å². The summed E-state index contributed by atoms with van der Waals surface area (Å²) in [6, 6.07) is 5.83. The molecule has 0 amide bonds. The van der Waals surface area contributed by atoms with Crippen molar-refractivity contribution in [1.82, 2.24) is 4.31 Å². The molecule has 1 aromatic carbocycles. The van der Waals surface area contributed by atoms with Gasteiger partial charge in [0.25, 0.3) is 0 Å². The Labute approximate surface area is 100 Å². The molecule has 0 aromatic heterocycles. The number of sulfonamides is 1. The summed E-state index contributed by atoms with van der Waals surface area (Å²) in [5.74, 6) is -0.0576. The third-order valence-electron chi connectivity index (χ3n) is 2.41. The van der Waals surface area contributed by atoms with Gasteiger partial charge in [0, 0.05) is 19.2 Å². The summed E-state index contributed by atoms with van der Waals surface area (Å²) in [6.45, 7) is 2.15. The van der Waals surface area contributed by atoms with Crippen molar-refractivity contribution in [1.29, 1.82) is 0 Å². The molecular formula is C10H15N3O3S. The number of nitrogens with two attached hydrogens (primary N) is 1. The van der Waals surface area contributed by atoms with Crippen LogP contribution in [0.1, 0.15) is 12.5 Å². The van der Waals surface area contributed by atoms with Gasteiger partial charge in [-0.25, -0.2) is 12.7 Å². The number of benzene rings is 1. The first-order chi connectivity index (χ1) is 7.93. The molecule has 94 valence electrons. The summed E-state index contributed by atoms with van der Waals surface area (Å²) >= 11 is 0. The highest BCUT2D eigenvalue weighted by Crippen LogP contribution is 2.14. The van der Waals surface area contributed by atoms with Crippen molar-refractivity contribution in [2.24, 2.45) is 10.9 Å². The standard InChI is InChI=1S/C10H15N3O3S/c1-3-13(2)17(15,16)9-6-4-8(5-7-9)10(11)12-14/h4-7,14H,3H2,1-2H3,(H2,11,12). The maximum atomic E-state index is 11.9. The van der Waals surface area contributed by atoms with Crippen LogP contribution in [0, 0.1) is 0 Å². The molecule has 0 saturated heterocycles. The Kier molecular flexibility index (Phi) is 4.08. The minimum absolute atomic E-state index is 0.0576. The normalized spacial score (nSPS) is 13.0. The monoisotopic (exact) mass is 257 g/mol. The third kappa shape index (κ3) is 2.75. The molecule has 0 spiro atoms. The highest BCUT2D eigenvalue weighted by Gasteiger charge is 2.18. The van der Waals surface area contributed by atoms with Crippen LogP contribution < -0.4 is 5.73 Å². The summed E-state index contributed by atoms with van der Waals surface area (Å²) in [6.07, 6.45) is 0. The van der Waals surface area contributed by atoms with Gasteiger partial charge in [-0.15, -0.1) is 0 Å². The quantitative estimate of drug-likeness (QED) is 0.353. The molecular weight excluding hydrogens is 242 g/mol. The predicted octanol–water partition coefficient (Wildman–Crippen LogP) is 0.422. The average molecular weight is 257 g/mol. The SMILES string of the molecule is CCN(C)S(=O)(=O)c1ccc(/C(N)=N/O)cc1. The van der Waals surface area contributed by atoms with Crippen molar-refractivity contribution in [3.8, 4) is 0 Å². The van der Waals surface area contributed by atoms with Crippen LogP contribution >= 0.6 is 0 Å². The lowest BCUT2D eigenvalue weighted by atomic mass is 10.2. The first-order valence-corrected chi connectivity index (χ1v) is 6.41. The summed E-state index contributed by atoms with van der Waals surface area (Å²) in [4.78, 5) is 0.177. The molecule has 0 bridgehead atoms. The molecule has 17 heavy (non-hydrogen) atoms. The van der Waals surface area contributed by atoms with E-state index in [-0.39, 0.29) is 10.7 Å². The number of oxime groups is 1. The number of hydrogen-bond acceptors (Lipinski definition) is 4. The summed E-state index contributed by atoms with van der Waals surface area (Å²) in [7, 11) is -1.94. The zero-order chi connectivity index (χ0) is 13.1. The van der Waals surface area contributed by atoms with Gasteiger partial charge >= 0.3 is 0 Å². The molecule has 1 rings (SSSR count). The number of rotatable bonds is 4. The number of nitrogens with zero attached hydrogens (tertiary/aromatic N) is 2. The van der Waals surface area contributed by atoms with Crippen LogP contribution in [0.3, 0.4) is 0 Å². The highest BCUT2D eigenvalue weighted by atomic mass is 32.2. The van der Waals surface area contributed by atoms with Gasteiger partial charge in [-0.2, -0.15) is 0 Å². The van der Waals surface area contributed by atoms with Gasteiger partial charge in [-0.1, -0.05) is 12.1 Å². The van der Waals surface area contributed by atoms with E-state index in [1.165, 1.54) is 35.6 Å². The van der Waals surface area contributed by atoms with Crippen LogP contribution in [0.15, 0.2) is 34.3 Å². The molecule has 0 saturated carbocycles. The molecule has 0 atom stereocenters. The third-order valence-corrected chi connectivity index (χ3v) is 4.36. The number of hydrogen-bond donors (Lipinski definition) is 2. The Morgan fingerprint density at radius 3 is 2.35 bits per heavy atom. The van der Waals surface area contributed by atoms with E-state index < -0.39 is 10.0 Å². The van der Waals surface area contributed by atoms with Gasteiger partial charge < -0.3 is 10.9 Å². The molecule has 0 fully saturated rings. The maximum Gasteiger partial charge on any atom is 0.242 e. The second kappa shape index (κ2) is 5.15. The Balaban J connectivity index is 3.12. The Hall–Kier alpha value is -1.60. The molecule has 7 heteroatoms. The summed E-state index contributed by atoms with van der Waals surface area (Å²) in [5.41, 5.74) is 5.84. The van der Waals surface area contributed by atoms with Crippen LogP contribution in [0.25, 0.3) is 0 Å². The molecule has 0 aliphatic carbocycles. The van der Waals surface area contributed by atoms with E-state index in [2.05, 4.69) is 5.16 Å². The zero-order valence-corrected chi connectivity index (χ0v) is 10.5. The second-order valence-corrected chi connectivity index (χ2v) is 5.47. The van der Waals surface area contributed by atoms with Crippen LogP contribution in [-0.2, 0) is 10.0 Å². The molecule has 0 aliphatic heterocycles. The van der Waals surface area contributed by atoms with Crippen LogP contribution in [-0.4, -0.2) is 37.4 Å². The predicted molar refractivity (Wildman–Crippen MR) is 64.4 cm³/mol. The van der Waals surface area contributed by atoms with Gasteiger partial charge in [0.2, 0.25) is 10.0 Å².